The fraction of sp³-hybridized carbons (Fsp3) is 0.611. The van der Waals surface area contributed by atoms with Gasteiger partial charge in [0.2, 0.25) is 0 Å². The molecule has 0 aromatic carbocycles. The summed E-state index contributed by atoms with van der Waals surface area (Å²) in [5, 5.41) is 5.29. The van der Waals surface area contributed by atoms with Gasteiger partial charge in [-0.25, -0.2) is 9.67 Å². The molecular weight excluding hydrogens is 320 g/mol. The first-order chi connectivity index (χ1) is 12.0. The minimum Gasteiger partial charge on any atom is -0.347 e. The summed E-state index contributed by atoms with van der Waals surface area (Å²) in [5.41, 5.74) is 2.22. The lowest BCUT2D eigenvalue weighted by Crippen LogP contribution is -2.47. The Bertz CT molecular complexity index is 798. The normalized spacial score (nSPS) is 20.1. The summed E-state index contributed by atoms with van der Waals surface area (Å²) in [6.45, 7) is 8.60. The second-order valence-corrected chi connectivity index (χ2v) is 7.12. The highest BCUT2D eigenvalue weighted by Gasteiger charge is 2.41. The first-order valence-corrected chi connectivity index (χ1v) is 8.91. The maximum absolute atomic E-state index is 13.0. The Morgan fingerprint density at radius 3 is 2.56 bits per heavy atom. The van der Waals surface area contributed by atoms with E-state index in [0.29, 0.717) is 31.9 Å². The van der Waals surface area contributed by atoms with E-state index in [4.69, 9.17) is 9.47 Å². The lowest BCUT2D eigenvalue weighted by molar-refractivity contribution is -0.181. The van der Waals surface area contributed by atoms with E-state index in [1.807, 2.05) is 22.6 Å². The van der Waals surface area contributed by atoms with Crippen molar-refractivity contribution < 1.29 is 14.3 Å². The third-order valence-corrected chi connectivity index (χ3v) is 5.11. The van der Waals surface area contributed by atoms with Crippen molar-refractivity contribution in [1.29, 1.82) is 0 Å². The fourth-order valence-corrected chi connectivity index (χ4v) is 3.67. The maximum Gasteiger partial charge on any atom is 0.255 e. The van der Waals surface area contributed by atoms with E-state index in [2.05, 4.69) is 23.9 Å². The number of nitrogens with zero attached hydrogens (tertiary/aromatic N) is 4. The van der Waals surface area contributed by atoms with Gasteiger partial charge in [-0.2, -0.15) is 5.10 Å². The molecule has 4 heterocycles. The number of aryl methyl sites for hydroxylation is 1. The number of likely N-dealkylation sites (tertiary alicyclic amines) is 1. The average molecular weight is 344 g/mol. The molecule has 7 heteroatoms. The van der Waals surface area contributed by atoms with Gasteiger partial charge in [-0.3, -0.25) is 4.79 Å². The number of pyridine rings is 1. The lowest BCUT2D eigenvalue weighted by Gasteiger charge is -2.37. The summed E-state index contributed by atoms with van der Waals surface area (Å²) in [4.78, 5) is 19.5. The molecule has 2 aromatic rings. The summed E-state index contributed by atoms with van der Waals surface area (Å²) in [6.07, 6.45) is 3.22. The number of aromatic nitrogens is 3. The summed E-state index contributed by atoms with van der Waals surface area (Å²) < 4.78 is 13.4. The van der Waals surface area contributed by atoms with E-state index in [9.17, 15) is 4.79 Å². The number of ether oxygens (including phenoxy) is 2. The molecule has 0 bridgehead atoms. The molecule has 2 aliphatic rings. The molecule has 7 nitrogen and oxygen atoms in total. The molecule has 4 rings (SSSR count). The Labute approximate surface area is 146 Å². The third kappa shape index (κ3) is 2.81. The molecule has 25 heavy (non-hydrogen) atoms. The Kier molecular flexibility index (Phi) is 4.00. The van der Waals surface area contributed by atoms with Crippen molar-refractivity contribution in [2.45, 2.75) is 45.4 Å². The Balaban J connectivity index is 1.57. The predicted molar refractivity (Wildman–Crippen MR) is 92.4 cm³/mol. The summed E-state index contributed by atoms with van der Waals surface area (Å²) >= 11 is 0. The largest absolute Gasteiger partial charge is 0.347 e. The molecule has 2 aromatic heterocycles. The highest BCUT2D eigenvalue weighted by atomic mass is 16.7. The van der Waals surface area contributed by atoms with Crippen molar-refractivity contribution in [3.05, 3.63) is 23.5 Å². The lowest BCUT2D eigenvalue weighted by atomic mass is 10.0. The minimum absolute atomic E-state index is 0.0250. The summed E-state index contributed by atoms with van der Waals surface area (Å²) in [5.74, 6) is -0.441. The monoisotopic (exact) mass is 344 g/mol. The van der Waals surface area contributed by atoms with Crippen LogP contribution in [0.1, 0.15) is 48.8 Å². The van der Waals surface area contributed by atoms with Crippen LogP contribution in [0.3, 0.4) is 0 Å². The van der Waals surface area contributed by atoms with Gasteiger partial charge in [0.05, 0.1) is 30.7 Å². The van der Waals surface area contributed by atoms with Crippen LogP contribution in [0.15, 0.2) is 12.3 Å². The fourth-order valence-electron chi connectivity index (χ4n) is 3.67. The van der Waals surface area contributed by atoms with Gasteiger partial charge in [0, 0.05) is 37.4 Å². The number of rotatable bonds is 2. The molecule has 0 saturated carbocycles. The molecule has 2 saturated heterocycles. The smallest absolute Gasteiger partial charge is 0.255 e. The van der Waals surface area contributed by atoms with Crippen LogP contribution in [-0.4, -0.2) is 57.7 Å². The van der Waals surface area contributed by atoms with Crippen molar-refractivity contribution >= 4 is 16.9 Å². The van der Waals surface area contributed by atoms with Gasteiger partial charge in [0.1, 0.15) is 0 Å². The van der Waals surface area contributed by atoms with Gasteiger partial charge in [-0.1, -0.05) is 0 Å². The zero-order valence-corrected chi connectivity index (χ0v) is 15.0. The van der Waals surface area contributed by atoms with Crippen molar-refractivity contribution in [3.63, 3.8) is 0 Å². The van der Waals surface area contributed by atoms with Gasteiger partial charge >= 0.3 is 0 Å². The number of amides is 1. The van der Waals surface area contributed by atoms with Crippen molar-refractivity contribution in [2.75, 3.05) is 26.3 Å². The molecule has 0 radical (unpaired) electrons. The first kappa shape index (κ1) is 16.5. The van der Waals surface area contributed by atoms with Crippen molar-refractivity contribution in [1.82, 2.24) is 19.7 Å². The van der Waals surface area contributed by atoms with Gasteiger partial charge < -0.3 is 14.4 Å². The molecule has 1 spiro atoms. The zero-order valence-electron chi connectivity index (χ0n) is 15.0. The second-order valence-electron chi connectivity index (χ2n) is 7.12. The second kappa shape index (κ2) is 6.07. The Morgan fingerprint density at radius 2 is 1.92 bits per heavy atom. The predicted octanol–water partition coefficient (Wildman–Crippen LogP) is 2.30. The number of hydrogen-bond donors (Lipinski definition) is 0. The minimum atomic E-state index is -0.466. The van der Waals surface area contributed by atoms with E-state index in [0.717, 1.165) is 29.6 Å². The molecule has 0 N–H and O–H groups in total. The Morgan fingerprint density at radius 1 is 1.24 bits per heavy atom. The molecule has 0 aliphatic carbocycles. The number of carbonyl (C=O) groups is 1. The van der Waals surface area contributed by atoms with Crippen LogP contribution in [0.4, 0.5) is 0 Å². The molecule has 2 fully saturated rings. The summed E-state index contributed by atoms with van der Waals surface area (Å²) in [6, 6.07) is 2.15. The highest BCUT2D eigenvalue weighted by Crippen LogP contribution is 2.32. The number of carbonyl (C=O) groups excluding carboxylic acids is 1. The SMILES string of the molecule is Cc1nc2c(cnn2C(C)C)cc1C(=O)N1CCC2(CC1)OCCO2. The molecular formula is C18H24N4O3. The van der Waals surface area contributed by atoms with Crippen molar-refractivity contribution in [2.24, 2.45) is 0 Å². The van der Waals surface area contributed by atoms with E-state index in [-0.39, 0.29) is 11.9 Å². The first-order valence-electron chi connectivity index (χ1n) is 8.91. The van der Waals surface area contributed by atoms with Crippen LogP contribution in [0.5, 0.6) is 0 Å². The number of hydrogen-bond acceptors (Lipinski definition) is 5. The van der Waals surface area contributed by atoms with Gasteiger partial charge in [-0.05, 0) is 26.8 Å². The molecule has 134 valence electrons. The number of piperidine rings is 1. The maximum atomic E-state index is 13.0. The van der Waals surface area contributed by atoms with Gasteiger partial charge in [0.25, 0.3) is 5.91 Å². The van der Waals surface area contributed by atoms with Crippen LogP contribution in [0.2, 0.25) is 0 Å². The van der Waals surface area contributed by atoms with Crippen molar-refractivity contribution in [3.8, 4) is 0 Å². The van der Waals surface area contributed by atoms with Crippen LogP contribution in [0.25, 0.3) is 11.0 Å². The van der Waals surface area contributed by atoms with E-state index in [1.54, 1.807) is 6.20 Å². The van der Waals surface area contributed by atoms with Crippen LogP contribution >= 0.6 is 0 Å². The molecule has 0 unspecified atom stereocenters. The van der Waals surface area contributed by atoms with Crippen LogP contribution in [0, 0.1) is 6.92 Å². The zero-order chi connectivity index (χ0) is 17.6. The van der Waals surface area contributed by atoms with Crippen LogP contribution < -0.4 is 0 Å². The van der Waals surface area contributed by atoms with Crippen LogP contribution in [-0.2, 0) is 9.47 Å². The quantitative estimate of drug-likeness (QED) is 0.836. The topological polar surface area (TPSA) is 69.5 Å². The Hall–Kier alpha value is -1.99. The molecule has 2 aliphatic heterocycles. The molecule has 1 amide bonds. The van der Waals surface area contributed by atoms with Gasteiger partial charge in [-0.15, -0.1) is 0 Å². The third-order valence-electron chi connectivity index (χ3n) is 5.11. The average Bonchev–Trinajstić information content (AvgIpc) is 3.21. The van der Waals surface area contributed by atoms with E-state index < -0.39 is 5.79 Å². The standard InChI is InChI=1S/C18H24N4O3/c1-12(2)22-16-14(11-19-22)10-15(13(3)20-16)17(23)21-6-4-18(5-7-21)24-8-9-25-18/h10-12H,4-9H2,1-3H3. The summed E-state index contributed by atoms with van der Waals surface area (Å²) in [7, 11) is 0. The highest BCUT2D eigenvalue weighted by molar-refractivity contribution is 5.98. The van der Waals surface area contributed by atoms with E-state index in [1.165, 1.54) is 0 Å². The number of fused-ring (bicyclic) bond motifs is 1. The molecule has 0 atom stereocenters. The van der Waals surface area contributed by atoms with E-state index >= 15 is 0 Å². The van der Waals surface area contributed by atoms with Gasteiger partial charge in [0.15, 0.2) is 11.4 Å².